The maximum absolute atomic E-state index is 12.8. The van der Waals surface area contributed by atoms with E-state index in [0.717, 1.165) is 161 Å². The smallest absolute Gasteiger partial charge is 0.306 e. The molecule has 0 aromatic heterocycles. The minimum atomic E-state index is -0.813. The Labute approximate surface area is 412 Å². The molecule has 6 nitrogen and oxygen atoms in total. The second-order valence-corrected chi connectivity index (χ2v) is 17.4. The van der Waals surface area contributed by atoms with Crippen molar-refractivity contribution in [1.82, 2.24) is 0 Å². The van der Waals surface area contributed by atoms with E-state index in [0.29, 0.717) is 12.8 Å². The molecule has 0 saturated carbocycles. The normalized spacial score (nSPS) is 12.7. The minimum absolute atomic E-state index is 0.109. The third-order valence-corrected chi connectivity index (χ3v) is 10.9. The Morgan fingerprint density at radius 2 is 0.582 bits per heavy atom. The van der Waals surface area contributed by atoms with Gasteiger partial charge in [0.2, 0.25) is 0 Å². The van der Waals surface area contributed by atoms with Crippen LogP contribution in [0.2, 0.25) is 0 Å². The Morgan fingerprint density at radius 1 is 0.313 bits per heavy atom. The molecule has 0 unspecified atom stereocenters. The highest BCUT2D eigenvalue weighted by atomic mass is 16.6. The van der Waals surface area contributed by atoms with Gasteiger partial charge in [-0.2, -0.15) is 0 Å². The first-order valence-corrected chi connectivity index (χ1v) is 27.0. The summed E-state index contributed by atoms with van der Waals surface area (Å²) in [4.78, 5) is 38.1. The lowest BCUT2D eigenvalue weighted by Gasteiger charge is -2.18. The topological polar surface area (TPSA) is 78.9 Å². The van der Waals surface area contributed by atoms with Gasteiger partial charge in [0.05, 0.1) is 0 Å². The van der Waals surface area contributed by atoms with E-state index < -0.39 is 6.10 Å². The van der Waals surface area contributed by atoms with Crippen molar-refractivity contribution in [3.05, 3.63) is 122 Å². The van der Waals surface area contributed by atoms with Gasteiger partial charge in [-0.15, -0.1) is 0 Å². The van der Waals surface area contributed by atoms with E-state index in [9.17, 15) is 14.4 Å². The molecule has 0 N–H and O–H groups in total. The molecule has 0 spiro atoms. The second kappa shape index (κ2) is 54.4. The monoisotopic (exact) mass is 927 g/mol. The van der Waals surface area contributed by atoms with E-state index in [1.165, 1.54) is 25.7 Å². The number of hydrogen-bond donors (Lipinski definition) is 0. The summed E-state index contributed by atoms with van der Waals surface area (Å²) in [5.41, 5.74) is 0. The fourth-order valence-corrected chi connectivity index (χ4v) is 6.92. The van der Waals surface area contributed by atoms with Gasteiger partial charge in [-0.05, 0) is 128 Å². The van der Waals surface area contributed by atoms with E-state index in [1.807, 2.05) is 0 Å². The second-order valence-electron chi connectivity index (χ2n) is 17.4. The number of hydrogen-bond acceptors (Lipinski definition) is 6. The lowest BCUT2D eigenvalue weighted by molar-refractivity contribution is -0.167. The van der Waals surface area contributed by atoms with Crippen LogP contribution in [0.3, 0.4) is 0 Å². The summed E-state index contributed by atoms with van der Waals surface area (Å²) in [7, 11) is 0. The number of rotatable bonds is 47. The van der Waals surface area contributed by atoms with Crippen LogP contribution in [0.5, 0.6) is 0 Å². The molecule has 378 valence electrons. The molecular weight excluding hydrogens is 829 g/mol. The molecule has 0 fully saturated rings. The molecule has 67 heavy (non-hydrogen) atoms. The van der Waals surface area contributed by atoms with Crippen LogP contribution < -0.4 is 0 Å². The first-order chi connectivity index (χ1) is 33.0. The van der Waals surface area contributed by atoms with Gasteiger partial charge < -0.3 is 14.2 Å². The van der Waals surface area contributed by atoms with Crippen molar-refractivity contribution in [1.29, 1.82) is 0 Å². The molecule has 0 aromatic carbocycles. The van der Waals surface area contributed by atoms with Crippen molar-refractivity contribution in [2.24, 2.45) is 0 Å². The SMILES string of the molecule is CC/C=C\C/C=C\C/C=C\CCCCCCCC(=O)OCC(COC(=O)CCCCCCC/C=C\C/C=C\C/C=C\CC)OC(=O)CCCCC/C=C\C/C=C\C/C=C\C/C=C\CCCCC. The van der Waals surface area contributed by atoms with Crippen molar-refractivity contribution in [2.75, 3.05) is 13.2 Å². The van der Waals surface area contributed by atoms with Crippen LogP contribution >= 0.6 is 0 Å². The van der Waals surface area contributed by atoms with Crippen LogP contribution in [0.25, 0.3) is 0 Å². The standard InChI is InChI=1S/C61H98O6/c1-4-7-10-13-16-19-22-25-28-29-30-31-34-37-40-43-46-49-52-55-61(64)67-58(56-65-59(62)53-50-47-44-41-38-35-32-26-23-20-17-14-11-8-5-2)57-66-60(63)54-51-48-45-42-39-36-33-27-24-21-18-15-12-9-6-3/h8-9,11-12,16-21,25-28,30-33,37,40,58H,4-7,10,13-15,22-24,29,34-36,38-39,41-57H2,1-3H3/b11-8-,12-9-,19-16-,20-17-,21-18-,28-25-,31-30-,32-26-,33-27-,40-37-. The maximum atomic E-state index is 12.8. The fourth-order valence-electron chi connectivity index (χ4n) is 6.92. The summed E-state index contributed by atoms with van der Waals surface area (Å²) in [5.74, 6) is -0.978. The molecule has 0 bridgehead atoms. The lowest BCUT2D eigenvalue weighted by atomic mass is 10.1. The molecule has 6 heteroatoms. The van der Waals surface area contributed by atoms with Gasteiger partial charge in [-0.25, -0.2) is 0 Å². The maximum Gasteiger partial charge on any atom is 0.306 e. The van der Waals surface area contributed by atoms with Gasteiger partial charge in [0, 0.05) is 19.3 Å². The first-order valence-electron chi connectivity index (χ1n) is 27.0. The molecule has 0 amide bonds. The predicted octanol–water partition coefficient (Wildman–Crippen LogP) is 18.1. The number of carbonyl (C=O) groups excluding carboxylic acids is 3. The minimum Gasteiger partial charge on any atom is -0.462 e. The molecule has 0 saturated heterocycles. The molecular formula is C61H98O6. The number of carbonyl (C=O) groups is 3. The van der Waals surface area contributed by atoms with Crippen LogP contribution in [0.15, 0.2) is 122 Å². The number of unbranched alkanes of at least 4 members (excludes halogenated alkanes) is 16. The van der Waals surface area contributed by atoms with Gasteiger partial charge >= 0.3 is 17.9 Å². The molecule has 0 aliphatic carbocycles. The Balaban J connectivity index is 4.53. The summed E-state index contributed by atoms with van der Waals surface area (Å²) in [6, 6.07) is 0. The summed E-state index contributed by atoms with van der Waals surface area (Å²) >= 11 is 0. The molecule has 0 heterocycles. The van der Waals surface area contributed by atoms with Gasteiger partial charge in [-0.1, -0.05) is 200 Å². The van der Waals surface area contributed by atoms with E-state index in [2.05, 4.69) is 142 Å². The van der Waals surface area contributed by atoms with Crippen LogP contribution in [0, 0.1) is 0 Å². The van der Waals surface area contributed by atoms with Crippen molar-refractivity contribution in [3.63, 3.8) is 0 Å². The van der Waals surface area contributed by atoms with E-state index in [1.54, 1.807) is 0 Å². The Hall–Kier alpha value is -4.19. The zero-order chi connectivity index (χ0) is 48.6. The Bertz CT molecular complexity index is 1370. The van der Waals surface area contributed by atoms with Gasteiger partial charge in [0.15, 0.2) is 6.10 Å². The fraction of sp³-hybridized carbons (Fsp3) is 0.623. The van der Waals surface area contributed by atoms with E-state index in [-0.39, 0.29) is 37.5 Å². The quantitative estimate of drug-likeness (QED) is 0.0262. The molecule has 0 atom stereocenters. The molecule has 0 aromatic rings. The highest BCUT2D eigenvalue weighted by molar-refractivity contribution is 5.71. The van der Waals surface area contributed by atoms with E-state index in [4.69, 9.17) is 14.2 Å². The molecule has 0 rings (SSSR count). The molecule has 0 radical (unpaired) electrons. The van der Waals surface area contributed by atoms with Crippen LogP contribution in [-0.2, 0) is 28.6 Å². The first kappa shape index (κ1) is 62.8. The zero-order valence-corrected chi connectivity index (χ0v) is 43.1. The predicted molar refractivity (Wildman–Crippen MR) is 288 cm³/mol. The highest BCUT2D eigenvalue weighted by Crippen LogP contribution is 2.13. The molecule has 0 aliphatic rings. The number of esters is 3. The largest absolute Gasteiger partial charge is 0.462 e. The summed E-state index contributed by atoms with van der Waals surface area (Å²) < 4.78 is 16.8. The van der Waals surface area contributed by atoms with Crippen molar-refractivity contribution >= 4 is 17.9 Å². The zero-order valence-electron chi connectivity index (χ0n) is 43.1. The third kappa shape index (κ3) is 52.6. The summed E-state index contributed by atoms with van der Waals surface area (Å²) in [6.07, 6.45) is 74.6. The molecule has 0 aliphatic heterocycles. The van der Waals surface area contributed by atoms with Gasteiger partial charge in [0.25, 0.3) is 0 Å². The van der Waals surface area contributed by atoms with Crippen molar-refractivity contribution in [3.8, 4) is 0 Å². The average molecular weight is 927 g/mol. The van der Waals surface area contributed by atoms with Crippen LogP contribution in [-0.4, -0.2) is 37.2 Å². The van der Waals surface area contributed by atoms with Gasteiger partial charge in [-0.3, -0.25) is 14.4 Å². The summed E-state index contributed by atoms with van der Waals surface area (Å²) in [6.45, 7) is 6.32. The van der Waals surface area contributed by atoms with Crippen LogP contribution in [0.1, 0.15) is 226 Å². The summed E-state index contributed by atoms with van der Waals surface area (Å²) in [5, 5.41) is 0. The lowest BCUT2D eigenvalue weighted by Crippen LogP contribution is -2.30. The van der Waals surface area contributed by atoms with Gasteiger partial charge in [0.1, 0.15) is 13.2 Å². The Morgan fingerprint density at radius 3 is 0.925 bits per heavy atom. The third-order valence-electron chi connectivity index (χ3n) is 10.9. The average Bonchev–Trinajstić information content (AvgIpc) is 3.33. The van der Waals surface area contributed by atoms with E-state index >= 15 is 0 Å². The highest BCUT2D eigenvalue weighted by Gasteiger charge is 2.19. The Kier molecular flexibility index (Phi) is 51.0. The number of allylic oxidation sites excluding steroid dienone is 20. The van der Waals surface area contributed by atoms with Crippen LogP contribution in [0.4, 0.5) is 0 Å². The number of ether oxygens (including phenoxy) is 3. The van der Waals surface area contributed by atoms with Crippen molar-refractivity contribution < 1.29 is 28.6 Å². The van der Waals surface area contributed by atoms with Crippen molar-refractivity contribution in [2.45, 2.75) is 232 Å².